The lowest BCUT2D eigenvalue weighted by molar-refractivity contribution is -0.118. The maximum atomic E-state index is 10.7. The third-order valence-electron chi connectivity index (χ3n) is 3.41. The van der Waals surface area contributed by atoms with Crippen molar-refractivity contribution < 1.29 is 4.79 Å². The van der Waals surface area contributed by atoms with E-state index in [0.29, 0.717) is 18.5 Å². The molecule has 18 heavy (non-hydrogen) atoms. The van der Waals surface area contributed by atoms with Gasteiger partial charge in [-0.25, -0.2) is 0 Å². The zero-order valence-corrected chi connectivity index (χ0v) is 11.3. The average molecular weight is 267 g/mol. The molecular weight excluding hydrogens is 248 g/mol. The second-order valence-electron chi connectivity index (χ2n) is 4.85. The lowest BCUT2D eigenvalue weighted by atomic mass is 9.76. The van der Waals surface area contributed by atoms with Crippen LogP contribution in [0, 0.1) is 0 Å². The SMILES string of the molecule is CC(=O)NCCNC1CC(c2ccc(Cl)cc2)C1. The molecule has 1 aromatic carbocycles. The summed E-state index contributed by atoms with van der Waals surface area (Å²) < 4.78 is 0. The van der Waals surface area contributed by atoms with Gasteiger partial charge in [-0.3, -0.25) is 4.79 Å². The van der Waals surface area contributed by atoms with Crippen molar-refractivity contribution in [2.24, 2.45) is 0 Å². The lowest BCUT2D eigenvalue weighted by Crippen LogP contribution is -2.43. The van der Waals surface area contributed by atoms with Crippen LogP contribution in [0.1, 0.15) is 31.2 Å². The molecule has 0 heterocycles. The monoisotopic (exact) mass is 266 g/mol. The van der Waals surface area contributed by atoms with Gasteiger partial charge >= 0.3 is 0 Å². The normalized spacial score (nSPS) is 22.3. The number of benzene rings is 1. The number of hydrogen-bond acceptors (Lipinski definition) is 2. The largest absolute Gasteiger partial charge is 0.355 e. The fraction of sp³-hybridized carbons (Fsp3) is 0.500. The van der Waals surface area contributed by atoms with Crippen LogP contribution in [0.4, 0.5) is 0 Å². The lowest BCUT2D eigenvalue weighted by Gasteiger charge is -2.36. The highest BCUT2D eigenvalue weighted by Gasteiger charge is 2.29. The van der Waals surface area contributed by atoms with E-state index in [1.165, 1.54) is 18.4 Å². The highest BCUT2D eigenvalue weighted by Crippen LogP contribution is 2.36. The first-order valence-corrected chi connectivity index (χ1v) is 6.76. The molecule has 4 heteroatoms. The van der Waals surface area contributed by atoms with Crippen LogP contribution in [0.2, 0.25) is 5.02 Å². The number of halogens is 1. The molecule has 0 aromatic heterocycles. The number of nitrogens with one attached hydrogen (secondary N) is 2. The van der Waals surface area contributed by atoms with Crippen molar-refractivity contribution >= 4 is 17.5 Å². The summed E-state index contributed by atoms with van der Waals surface area (Å²) in [6.07, 6.45) is 2.34. The van der Waals surface area contributed by atoms with E-state index in [4.69, 9.17) is 11.6 Å². The van der Waals surface area contributed by atoms with Gasteiger partial charge in [-0.2, -0.15) is 0 Å². The van der Waals surface area contributed by atoms with Crippen LogP contribution in [0.15, 0.2) is 24.3 Å². The van der Waals surface area contributed by atoms with Crippen LogP contribution < -0.4 is 10.6 Å². The smallest absolute Gasteiger partial charge is 0.216 e. The van der Waals surface area contributed by atoms with Crippen molar-refractivity contribution in [2.45, 2.75) is 31.7 Å². The Hall–Kier alpha value is -1.06. The molecule has 0 spiro atoms. The molecule has 1 aromatic rings. The van der Waals surface area contributed by atoms with E-state index in [2.05, 4.69) is 22.8 Å². The second-order valence-corrected chi connectivity index (χ2v) is 5.29. The molecule has 0 unspecified atom stereocenters. The Morgan fingerprint density at radius 3 is 2.56 bits per heavy atom. The number of rotatable bonds is 5. The molecule has 1 amide bonds. The number of carbonyl (C=O) groups excluding carboxylic acids is 1. The van der Waals surface area contributed by atoms with Crippen LogP contribution in [-0.4, -0.2) is 25.0 Å². The summed E-state index contributed by atoms with van der Waals surface area (Å²) in [5.74, 6) is 0.685. The Kier molecular flexibility index (Phi) is 4.61. The Bertz CT molecular complexity index is 399. The van der Waals surface area contributed by atoms with Crippen LogP contribution in [-0.2, 0) is 4.79 Å². The fourth-order valence-corrected chi connectivity index (χ4v) is 2.43. The molecule has 1 aliphatic carbocycles. The number of hydrogen-bond donors (Lipinski definition) is 2. The van der Waals surface area contributed by atoms with Crippen molar-refractivity contribution in [2.75, 3.05) is 13.1 Å². The first-order chi connectivity index (χ1) is 8.65. The minimum atomic E-state index is 0.0319. The molecule has 98 valence electrons. The molecule has 0 saturated heterocycles. The molecule has 1 saturated carbocycles. The van der Waals surface area contributed by atoms with Crippen LogP contribution >= 0.6 is 11.6 Å². The predicted molar refractivity (Wildman–Crippen MR) is 73.9 cm³/mol. The maximum absolute atomic E-state index is 10.7. The summed E-state index contributed by atoms with van der Waals surface area (Å²) in [4.78, 5) is 10.7. The Morgan fingerprint density at radius 2 is 1.94 bits per heavy atom. The Labute approximate surface area is 113 Å². The Balaban J connectivity index is 1.64. The van der Waals surface area contributed by atoms with Crippen LogP contribution in [0.25, 0.3) is 0 Å². The standard InChI is InChI=1S/C14H19ClN2O/c1-10(18)16-6-7-17-14-8-12(9-14)11-2-4-13(15)5-3-11/h2-5,12,14,17H,6-9H2,1H3,(H,16,18). The van der Waals surface area contributed by atoms with Crippen molar-refractivity contribution in [1.82, 2.24) is 10.6 Å². The molecule has 2 N–H and O–H groups in total. The quantitative estimate of drug-likeness (QED) is 0.803. The molecular formula is C14H19ClN2O. The summed E-state index contributed by atoms with van der Waals surface area (Å²) in [7, 11) is 0. The number of carbonyl (C=O) groups is 1. The van der Waals surface area contributed by atoms with Gasteiger partial charge in [0.2, 0.25) is 5.91 Å². The summed E-state index contributed by atoms with van der Waals surface area (Å²) in [5, 5.41) is 7.02. The van der Waals surface area contributed by atoms with Crippen molar-refractivity contribution in [3.05, 3.63) is 34.9 Å². The minimum absolute atomic E-state index is 0.0319. The van der Waals surface area contributed by atoms with Gasteiger partial charge in [0.1, 0.15) is 0 Å². The van der Waals surface area contributed by atoms with E-state index in [-0.39, 0.29) is 5.91 Å². The summed E-state index contributed by atoms with van der Waals surface area (Å²) in [5.41, 5.74) is 1.37. The molecule has 1 aliphatic rings. The maximum Gasteiger partial charge on any atom is 0.216 e. The van der Waals surface area contributed by atoms with E-state index in [1.54, 1.807) is 6.92 Å². The first kappa shape index (κ1) is 13.4. The second kappa shape index (κ2) is 6.21. The van der Waals surface area contributed by atoms with Gasteiger partial charge in [0.25, 0.3) is 0 Å². The third kappa shape index (κ3) is 3.72. The van der Waals surface area contributed by atoms with E-state index in [1.807, 2.05) is 12.1 Å². The summed E-state index contributed by atoms with van der Waals surface area (Å²) in [6.45, 7) is 3.09. The molecule has 0 atom stereocenters. The van der Waals surface area contributed by atoms with E-state index in [9.17, 15) is 4.79 Å². The van der Waals surface area contributed by atoms with Crippen molar-refractivity contribution in [3.8, 4) is 0 Å². The van der Waals surface area contributed by atoms with Gasteiger partial charge in [0, 0.05) is 31.1 Å². The highest BCUT2D eigenvalue weighted by atomic mass is 35.5. The van der Waals surface area contributed by atoms with E-state index in [0.717, 1.165) is 11.6 Å². The number of amides is 1. The van der Waals surface area contributed by atoms with Gasteiger partial charge in [-0.1, -0.05) is 23.7 Å². The third-order valence-corrected chi connectivity index (χ3v) is 3.66. The minimum Gasteiger partial charge on any atom is -0.355 e. The molecule has 3 nitrogen and oxygen atoms in total. The van der Waals surface area contributed by atoms with E-state index >= 15 is 0 Å². The van der Waals surface area contributed by atoms with Gasteiger partial charge < -0.3 is 10.6 Å². The summed E-state index contributed by atoms with van der Waals surface area (Å²) >= 11 is 5.87. The molecule has 0 aliphatic heterocycles. The van der Waals surface area contributed by atoms with Gasteiger partial charge in [-0.05, 0) is 36.5 Å². The van der Waals surface area contributed by atoms with Crippen molar-refractivity contribution in [3.63, 3.8) is 0 Å². The molecule has 2 rings (SSSR count). The van der Waals surface area contributed by atoms with Gasteiger partial charge in [0.15, 0.2) is 0 Å². The topological polar surface area (TPSA) is 41.1 Å². The van der Waals surface area contributed by atoms with Gasteiger partial charge in [-0.15, -0.1) is 0 Å². The zero-order chi connectivity index (χ0) is 13.0. The van der Waals surface area contributed by atoms with Crippen LogP contribution in [0.3, 0.4) is 0 Å². The van der Waals surface area contributed by atoms with Gasteiger partial charge in [0.05, 0.1) is 0 Å². The Morgan fingerprint density at radius 1 is 1.28 bits per heavy atom. The molecule has 0 radical (unpaired) electrons. The summed E-state index contributed by atoms with van der Waals surface area (Å²) in [6, 6.07) is 8.71. The van der Waals surface area contributed by atoms with E-state index < -0.39 is 0 Å². The van der Waals surface area contributed by atoms with Crippen LogP contribution in [0.5, 0.6) is 0 Å². The zero-order valence-electron chi connectivity index (χ0n) is 10.6. The van der Waals surface area contributed by atoms with Crippen molar-refractivity contribution in [1.29, 1.82) is 0 Å². The predicted octanol–water partition coefficient (Wildman–Crippen LogP) is 2.31. The average Bonchev–Trinajstić information content (AvgIpc) is 2.28. The fourth-order valence-electron chi connectivity index (χ4n) is 2.31. The highest BCUT2D eigenvalue weighted by molar-refractivity contribution is 6.30. The molecule has 0 bridgehead atoms. The first-order valence-electron chi connectivity index (χ1n) is 6.38. The molecule has 1 fully saturated rings.